The number of nitrogens with one attached hydrogen (secondary N) is 1. The molecular formula is C16H25N3O2. The first-order valence-electron chi connectivity index (χ1n) is 7.46. The molecule has 1 heterocycles. The van der Waals surface area contributed by atoms with Crippen molar-refractivity contribution in [1.29, 1.82) is 0 Å². The summed E-state index contributed by atoms with van der Waals surface area (Å²) in [5, 5.41) is 2.96. The molecule has 1 aromatic carbocycles. The summed E-state index contributed by atoms with van der Waals surface area (Å²) in [6.07, 6.45) is 0.963. The summed E-state index contributed by atoms with van der Waals surface area (Å²) >= 11 is 0. The van der Waals surface area contributed by atoms with Crippen molar-refractivity contribution in [2.45, 2.75) is 25.9 Å². The molecule has 1 amide bonds. The Morgan fingerprint density at radius 1 is 1.52 bits per heavy atom. The fourth-order valence-corrected chi connectivity index (χ4v) is 2.64. The number of ether oxygens (including phenoxy) is 1. The molecule has 0 spiro atoms. The van der Waals surface area contributed by atoms with Gasteiger partial charge in [0.15, 0.2) is 0 Å². The van der Waals surface area contributed by atoms with Crippen LogP contribution in [0.5, 0.6) is 5.75 Å². The third-order valence-electron chi connectivity index (χ3n) is 4.05. The highest BCUT2D eigenvalue weighted by atomic mass is 16.5. The fourth-order valence-electron chi connectivity index (χ4n) is 2.64. The zero-order valence-corrected chi connectivity index (χ0v) is 12.8. The number of nitrogens with zero attached hydrogens (tertiary/aromatic N) is 1. The molecule has 0 radical (unpaired) electrons. The number of likely N-dealkylation sites (tertiary alicyclic amines) is 1. The van der Waals surface area contributed by atoms with E-state index in [2.05, 4.69) is 17.1 Å². The maximum Gasteiger partial charge on any atom is 0.234 e. The Hall–Kier alpha value is -1.59. The van der Waals surface area contributed by atoms with Crippen molar-refractivity contribution in [2.24, 2.45) is 11.7 Å². The molecule has 116 valence electrons. The summed E-state index contributed by atoms with van der Waals surface area (Å²) in [4.78, 5) is 14.2. The minimum Gasteiger partial charge on any atom is -0.497 e. The van der Waals surface area contributed by atoms with Gasteiger partial charge in [-0.25, -0.2) is 0 Å². The van der Waals surface area contributed by atoms with Gasteiger partial charge in [0, 0.05) is 25.7 Å². The number of carbonyl (C=O) groups excluding carboxylic acids is 1. The Bertz CT molecular complexity index is 478. The van der Waals surface area contributed by atoms with Gasteiger partial charge in [-0.3, -0.25) is 9.69 Å². The van der Waals surface area contributed by atoms with Crippen molar-refractivity contribution in [3.05, 3.63) is 29.8 Å². The minimum absolute atomic E-state index is 0.0560. The quantitative estimate of drug-likeness (QED) is 0.848. The number of benzene rings is 1. The molecule has 1 aliphatic heterocycles. The number of amides is 1. The van der Waals surface area contributed by atoms with Crippen LogP contribution >= 0.6 is 0 Å². The van der Waals surface area contributed by atoms with Crippen LogP contribution in [0.25, 0.3) is 0 Å². The molecular weight excluding hydrogens is 266 g/mol. The molecule has 0 saturated carbocycles. The molecule has 2 atom stereocenters. The van der Waals surface area contributed by atoms with Crippen LogP contribution in [0.4, 0.5) is 0 Å². The zero-order valence-electron chi connectivity index (χ0n) is 12.8. The van der Waals surface area contributed by atoms with Crippen LogP contribution in [0.15, 0.2) is 24.3 Å². The molecule has 3 N–H and O–H groups in total. The first kappa shape index (κ1) is 15.8. The van der Waals surface area contributed by atoms with E-state index in [1.54, 1.807) is 7.11 Å². The number of hydrogen-bond donors (Lipinski definition) is 2. The standard InChI is InChI=1S/C16H25N3O2/c1-12-10-19(7-6-15(12)17)11-16(20)18-9-13-4-3-5-14(8-13)21-2/h3-5,8,12,15H,6-7,9-11,17H2,1-2H3,(H,18,20). The highest BCUT2D eigenvalue weighted by Gasteiger charge is 2.24. The Labute approximate surface area is 126 Å². The second kappa shape index (κ2) is 7.43. The summed E-state index contributed by atoms with van der Waals surface area (Å²) in [7, 11) is 1.64. The van der Waals surface area contributed by atoms with Crippen molar-refractivity contribution in [3.8, 4) is 5.75 Å². The van der Waals surface area contributed by atoms with E-state index in [1.807, 2.05) is 24.3 Å². The molecule has 1 saturated heterocycles. The predicted molar refractivity (Wildman–Crippen MR) is 83.0 cm³/mol. The number of piperidine rings is 1. The van der Waals surface area contributed by atoms with Crippen molar-refractivity contribution in [2.75, 3.05) is 26.7 Å². The molecule has 5 nitrogen and oxygen atoms in total. The molecule has 5 heteroatoms. The van der Waals surface area contributed by atoms with Crippen LogP contribution in [-0.4, -0.2) is 43.6 Å². The lowest BCUT2D eigenvalue weighted by molar-refractivity contribution is -0.122. The lowest BCUT2D eigenvalue weighted by atomic mass is 9.95. The second-order valence-corrected chi connectivity index (χ2v) is 5.79. The molecule has 0 aliphatic carbocycles. The van der Waals surface area contributed by atoms with Crippen molar-refractivity contribution in [1.82, 2.24) is 10.2 Å². The van der Waals surface area contributed by atoms with E-state index in [0.29, 0.717) is 19.0 Å². The van der Waals surface area contributed by atoms with Gasteiger partial charge in [-0.05, 0) is 30.0 Å². The average molecular weight is 291 g/mol. The largest absolute Gasteiger partial charge is 0.497 e. The summed E-state index contributed by atoms with van der Waals surface area (Å²) in [5.74, 6) is 1.31. The van der Waals surface area contributed by atoms with Crippen molar-refractivity contribution < 1.29 is 9.53 Å². The zero-order chi connectivity index (χ0) is 15.2. The van der Waals surface area contributed by atoms with Crippen LogP contribution in [0.2, 0.25) is 0 Å². The molecule has 1 aliphatic rings. The molecule has 0 aromatic heterocycles. The van der Waals surface area contributed by atoms with Gasteiger partial charge in [-0.2, -0.15) is 0 Å². The minimum atomic E-state index is 0.0560. The number of methoxy groups -OCH3 is 1. The Kier molecular flexibility index (Phi) is 5.59. The van der Waals surface area contributed by atoms with Gasteiger partial charge in [0.25, 0.3) is 0 Å². The monoisotopic (exact) mass is 291 g/mol. The van der Waals surface area contributed by atoms with Crippen LogP contribution in [0, 0.1) is 5.92 Å². The van der Waals surface area contributed by atoms with Crippen LogP contribution in [-0.2, 0) is 11.3 Å². The van der Waals surface area contributed by atoms with E-state index in [9.17, 15) is 4.79 Å². The van der Waals surface area contributed by atoms with Crippen LogP contribution in [0.1, 0.15) is 18.9 Å². The van der Waals surface area contributed by atoms with Gasteiger partial charge in [0.05, 0.1) is 13.7 Å². The predicted octanol–water partition coefficient (Wildman–Crippen LogP) is 0.981. The van der Waals surface area contributed by atoms with E-state index >= 15 is 0 Å². The van der Waals surface area contributed by atoms with Gasteiger partial charge in [0.1, 0.15) is 5.75 Å². The third kappa shape index (κ3) is 4.72. The highest BCUT2D eigenvalue weighted by molar-refractivity contribution is 5.78. The average Bonchev–Trinajstić information content (AvgIpc) is 2.49. The topological polar surface area (TPSA) is 67.6 Å². The van der Waals surface area contributed by atoms with E-state index in [4.69, 9.17) is 10.5 Å². The second-order valence-electron chi connectivity index (χ2n) is 5.79. The van der Waals surface area contributed by atoms with E-state index < -0.39 is 0 Å². The fraction of sp³-hybridized carbons (Fsp3) is 0.562. The molecule has 2 unspecified atom stereocenters. The summed E-state index contributed by atoms with van der Waals surface area (Å²) in [6.45, 7) is 4.91. The summed E-state index contributed by atoms with van der Waals surface area (Å²) in [6, 6.07) is 7.99. The maximum atomic E-state index is 12.0. The smallest absolute Gasteiger partial charge is 0.234 e. The third-order valence-corrected chi connectivity index (χ3v) is 4.05. The first-order valence-corrected chi connectivity index (χ1v) is 7.46. The number of hydrogen-bond acceptors (Lipinski definition) is 4. The molecule has 21 heavy (non-hydrogen) atoms. The van der Waals surface area contributed by atoms with Gasteiger partial charge < -0.3 is 15.8 Å². The molecule has 2 rings (SSSR count). The highest BCUT2D eigenvalue weighted by Crippen LogP contribution is 2.14. The molecule has 0 bridgehead atoms. The van der Waals surface area contributed by atoms with E-state index in [0.717, 1.165) is 30.8 Å². The Morgan fingerprint density at radius 3 is 3.05 bits per heavy atom. The Balaban J connectivity index is 1.77. The van der Waals surface area contributed by atoms with Crippen LogP contribution in [0.3, 0.4) is 0 Å². The number of rotatable bonds is 5. The normalized spacial score (nSPS) is 22.8. The summed E-state index contributed by atoms with van der Waals surface area (Å²) in [5.41, 5.74) is 7.03. The lowest BCUT2D eigenvalue weighted by Gasteiger charge is -2.34. The van der Waals surface area contributed by atoms with Gasteiger partial charge in [0.2, 0.25) is 5.91 Å². The van der Waals surface area contributed by atoms with E-state index in [1.165, 1.54) is 0 Å². The SMILES string of the molecule is COc1cccc(CNC(=O)CN2CCC(N)C(C)C2)c1. The molecule has 1 fully saturated rings. The maximum absolute atomic E-state index is 12.0. The van der Waals surface area contributed by atoms with Gasteiger partial charge >= 0.3 is 0 Å². The number of nitrogens with two attached hydrogens (primary N) is 1. The first-order chi connectivity index (χ1) is 10.1. The number of carbonyl (C=O) groups is 1. The van der Waals surface area contributed by atoms with Crippen LogP contribution < -0.4 is 15.8 Å². The van der Waals surface area contributed by atoms with E-state index in [-0.39, 0.29) is 11.9 Å². The lowest BCUT2D eigenvalue weighted by Crippen LogP contribution is -2.48. The Morgan fingerprint density at radius 2 is 2.33 bits per heavy atom. The van der Waals surface area contributed by atoms with Crippen molar-refractivity contribution >= 4 is 5.91 Å². The van der Waals surface area contributed by atoms with Gasteiger partial charge in [-0.1, -0.05) is 19.1 Å². The summed E-state index contributed by atoms with van der Waals surface area (Å²) < 4.78 is 5.17. The molecule has 1 aromatic rings. The van der Waals surface area contributed by atoms with Crippen molar-refractivity contribution in [3.63, 3.8) is 0 Å². The van der Waals surface area contributed by atoms with Gasteiger partial charge in [-0.15, -0.1) is 0 Å².